The fraction of sp³-hybridized carbons (Fsp3) is 0.333. The number of para-hydroxylation sites is 1. The van der Waals surface area contributed by atoms with Crippen LogP contribution in [0.4, 0.5) is 13.2 Å². The fourth-order valence-corrected chi connectivity index (χ4v) is 4.78. The predicted molar refractivity (Wildman–Crippen MR) is 90.2 cm³/mol. The molecule has 0 fully saturated rings. The molecule has 0 amide bonds. The van der Waals surface area contributed by atoms with Gasteiger partial charge in [-0.2, -0.15) is 4.31 Å². The van der Waals surface area contributed by atoms with E-state index in [2.05, 4.69) is 4.74 Å². The third kappa shape index (κ3) is 3.71. The van der Waals surface area contributed by atoms with Crippen LogP contribution < -0.4 is 4.74 Å². The van der Waals surface area contributed by atoms with E-state index in [-0.39, 0.29) is 0 Å². The summed E-state index contributed by atoms with van der Waals surface area (Å²) in [4.78, 5) is -0.497. The van der Waals surface area contributed by atoms with Gasteiger partial charge in [0.05, 0.1) is 0 Å². The van der Waals surface area contributed by atoms with Gasteiger partial charge in [0, 0.05) is 13.1 Å². The molecule has 8 heteroatoms. The lowest BCUT2D eigenvalue weighted by Gasteiger charge is -2.32. The number of fused-ring (bicyclic) bond motifs is 1. The summed E-state index contributed by atoms with van der Waals surface area (Å²) in [5.41, 5.74) is 1.95. The van der Waals surface area contributed by atoms with Crippen LogP contribution in [-0.4, -0.2) is 26.1 Å². The highest BCUT2D eigenvalue weighted by atomic mass is 32.2. The monoisotopic (exact) mass is 385 g/mol. The molecule has 1 aliphatic rings. The lowest BCUT2D eigenvalue weighted by Crippen LogP contribution is -2.34. The normalized spacial score (nSPS) is 17.8. The van der Waals surface area contributed by atoms with Gasteiger partial charge in [-0.3, -0.25) is 0 Å². The fourth-order valence-electron chi connectivity index (χ4n) is 3.30. The molecular weight excluding hydrogens is 367 g/mol. The Balaban J connectivity index is 2.00. The molecule has 1 aliphatic carbocycles. The predicted octanol–water partition coefficient (Wildman–Crippen LogP) is 4.28. The first-order valence-corrected chi connectivity index (χ1v) is 9.55. The molecule has 0 radical (unpaired) electrons. The smallest absolute Gasteiger partial charge is 0.404 e. The molecule has 3 rings (SSSR count). The third-order valence-electron chi connectivity index (χ3n) is 4.51. The molecule has 0 spiro atoms. The second-order valence-corrected chi connectivity index (χ2v) is 8.09. The topological polar surface area (TPSA) is 46.6 Å². The van der Waals surface area contributed by atoms with E-state index in [4.69, 9.17) is 0 Å². The van der Waals surface area contributed by atoms with Crippen molar-refractivity contribution in [3.8, 4) is 5.75 Å². The Morgan fingerprint density at radius 2 is 1.73 bits per heavy atom. The van der Waals surface area contributed by atoms with E-state index in [1.54, 1.807) is 0 Å². The Morgan fingerprint density at radius 1 is 1.08 bits per heavy atom. The van der Waals surface area contributed by atoms with Gasteiger partial charge in [-0.25, -0.2) is 8.42 Å². The number of alkyl halides is 3. The van der Waals surface area contributed by atoms with Gasteiger partial charge in [0.25, 0.3) is 0 Å². The number of aryl methyl sites for hydroxylation is 1. The van der Waals surface area contributed by atoms with Gasteiger partial charge in [0.1, 0.15) is 10.6 Å². The van der Waals surface area contributed by atoms with E-state index >= 15 is 0 Å². The molecule has 2 aromatic rings. The molecule has 0 aliphatic heterocycles. The van der Waals surface area contributed by atoms with Crippen molar-refractivity contribution in [1.29, 1.82) is 0 Å². The van der Waals surface area contributed by atoms with Crippen molar-refractivity contribution < 1.29 is 26.3 Å². The molecule has 4 nitrogen and oxygen atoms in total. The zero-order valence-corrected chi connectivity index (χ0v) is 14.8. The lowest BCUT2D eigenvalue weighted by atomic mass is 9.88. The average molecular weight is 385 g/mol. The van der Waals surface area contributed by atoms with Crippen molar-refractivity contribution in [3.63, 3.8) is 0 Å². The molecule has 0 saturated heterocycles. The zero-order valence-electron chi connectivity index (χ0n) is 14.0. The van der Waals surface area contributed by atoms with Crippen molar-refractivity contribution in [2.75, 3.05) is 7.05 Å². The second-order valence-electron chi connectivity index (χ2n) is 6.12. The number of nitrogens with zero attached hydrogens (tertiary/aromatic N) is 1. The van der Waals surface area contributed by atoms with Crippen molar-refractivity contribution in [1.82, 2.24) is 4.31 Å². The van der Waals surface area contributed by atoms with E-state index in [0.717, 1.165) is 40.4 Å². The molecule has 0 saturated carbocycles. The van der Waals surface area contributed by atoms with E-state index in [1.807, 2.05) is 24.3 Å². The van der Waals surface area contributed by atoms with Crippen LogP contribution in [0.15, 0.2) is 53.4 Å². The van der Waals surface area contributed by atoms with Crippen LogP contribution in [0.3, 0.4) is 0 Å². The summed E-state index contributed by atoms with van der Waals surface area (Å²) >= 11 is 0. The Bertz CT molecular complexity index is 897. The molecule has 2 aromatic carbocycles. The van der Waals surface area contributed by atoms with E-state index < -0.39 is 33.1 Å². The third-order valence-corrected chi connectivity index (χ3v) is 6.41. The van der Waals surface area contributed by atoms with Crippen LogP contribution in [0.5, 0.6) is 5.75 Å². The Morgan fingerprint density at radius 3 is 2.46 bits per heavy atom. The molecule has 0 N–H and O–H groups in total. The molecule has 0 unspecified atom stereocenters. The van der Waals surface area contributed by atoms with Crippen LogP contribution in [0, 0.1) is 0 Å². The number of hydrogen-bond donors (Lipinski definition) is 0. The minimum Gasteiger partial charge on any atom is -0.404 e. The summed E-state index contributed by atoms with van der Waals surface area (Å²) in [6.45, 7) is 0. The van der Waals surface area contributed by atoms with Gasteiger partial charge >= 0.3 is 6.36 Å². The Labute approximate surface area is 150 Å². The van der Waals surface area contributed by atoms with Crippen molar-refractivity contribution >= 4 is 10.0 Å². The molecule has 0 heterocycles. The molecule has 26 heavy (non-hydrogen) atoms. The Hall–Kier alpha value is -2.06. The van der Waals surface area contributed by atoms with Gasteiger partial charge in [-0.15, -0.1) is 13.2 Å². The maximum Gasteiger partial charge on any atom is 0.573 e. The van der Waals surface area contributed by atoms with Gasteiger partial charge in [0.15, 0.2) is 0 Å². The van der Waals surface area contributed by atoms with E-state index in [1.165, 1.54) is 19.2 Å². The molecule has 0 bridgehead atoms. The summed E-state index contributed by atoms with van der Waals surface area (Å²) in [7, 11) is -2.78. The molecule has 140 valence electrons. The first-order chi connectivity index (χ1) is 12.2. The number of hydrogen-bond acceptors (Lipinski definition) is 3. The average Bonchev–Trinajstić information content (AvgIpc) is 2.59. The van der Waals surface area contributed by atoms with E-state index in [0.29, 0.717) is 6.42 Å². The van der Waals surface area contributed by atoms with Crippen LogP contribution in [0.25, 0.3) is 0 Å². The highest BCUT2D eigenvalue weighted by molar-refractivity contribution is 7.89. The summed E-state index contributed by atoms with van der Waals surface area (Å²) in [6, 6.07) is 11.9. The van der Waals surface area contributed by atoms with Crippen molar-refractivity contribution in [3.05, 3.63) is 59.7 Å². The number of rotatable bonds is 4. The van der Waals surface area contributed by atoms with Crippen molar-refractivity contribution in [2.24, 2.45) is 0 Å². The van der Waals surface area contributed by atoms with Gasteiger partial charge in [-0.1, -0.05) is 36.4 Å². The first-order valence-electron chi connectivity index (χ1n) is 8.11. The molecule has 0 aromatic heterocycles. The number of ether oxygens (including phenoxy) is 1. The number of halogens is 3. The summed E-state index contributed by atoms with van der Waals surface area (Å²) < 4.78 is 69.0. The maximum absolute atomic E-state index is 13.0. The van der Waals surface area contributed by atoms with Crippen LogP contribution in [-0.2, 0) is 16.4 Å². The maximum atomic E-state index is 13.0. The van der Waals surface area contributed by atoms with Crippen LogP contribution in [0.2, 0.25) is 0 Å². The van der Waals surface area contributed by atoms with Crippen LogP contribution in [0.1, 0.15) is 30.0 Å². The zero-order chi connectivity index (χ0) is 18.9. The van der Waals surface area contributed by atoms with E-state index in [9.17, 15) is 21.6 Å². The standard InChI is InChI=1S/C18H18F3NO3S/c1-22(15-10-6-8-13-7-2-3-9-14(13)15)26(23,24)17-12-5-4-11-16(17)25-18(19,20)21/h2-5,7,9,11-12,15H,6,8,10H2,1H3/t15-/m1/s1. The van der Waals surface area contributed by atoms with Gasteiger partial charge in [-0.05, 0) is 42.5 Å². The molecular formula is C18H18F3NO3S. The summed E-state index contributed by atoms with van der Waals surface area (Å²) in [5.74, 6) is -0.726. The minimum atomic E-state index is -4.97. The van der Waals surface area contributed by atoms with Gasteiger partial charge < -0.3 is 4.74 Å². The number of sulfonamides is 1. The highest BCUT2D eigenvalue weighted by Gasteiger charge is 2.37. The van der Waals surface area contributed by atoms with Gasteiger partial charge in [0.2, 0.25) is 10.0 Å². The largest absolute Gasteiger partial charge is 0.573 e. The molecule has 1 atom stereocenters. The summed E-state index contributed by atoms with van der Waals surface area (Å²) in [5, 5.41) is 0. The Kier molecular flexibility index (Phi) is 4.98. The number of benzene rings is 2. The quantitative estimate of drug-likeness (QED) is 0.789. The first kappa shape index (κ1) is 18.7. The summed E-state index contributed by atoms with van der Waals surface area (Å²) in [6.07, 6.45) is -2.70. The van der Waals surface area contributed by atoms with Crippen molar-refractivity contribution in [2.45, 2.75) is 36.6 Å². The lowest BCUT2D eigenvalue weighted by molar-refractivity contribution is -0.275. The SMILES string of the molecule is CN([C@@H]1CCCc2ccccc21)S(=O)(=O)c1ccccc1OC(F)(F)F. The minimum absolute atomic E-state index is 0.427. The second kappa shape index (κ2) is 6.92. The van der Waals surface area contributed by atoms with Crippen LogP contribution >= 0.6 is 0 Å². The highest BCUT2D eigenvalue weighted by Crippen LogP contribution is 2.38.